The quantitative estimate of drug-likeness (QED) is 0.384. The highest BCUT2D eigenvalue weighted by Crippen LogP contribution is 2.16. The van der Waals surface area contributed by atoms with Crippen molar-refractivity contribution in [3.05, 3.63) is 60.2 Å². The number of carbonyl (C=O) groups excluding carboxylic acids is 1. The molecule has 0 heterocycles. The summed E-state index contributed by atoms with van der Waals surface area (Å²) in [6, 6.07) is 17.3. The Bertz CT molecular complexity index is 540. The van der Waals surface area contributed by atoms with Gasteiger partial charge in [-0.3, -0.25) is 4.79 Å². The highest BCUT2D eigenvalue weighted by Gasteiger charge is 2.04. The minimum absolute atomic E-state index is 0.205. The van der Waals surface area contributed by atoms with Crippen molar-refractivity contribution in [1.29, 1.82) is 0 Å². The summed E-state index contributed by atoms with van der Waals surface area (Å²) in [6.07, 6.45) is 0.288. The Morgan fingerprint density at radius 2 is 1.75 bits per heavy atom. The van der Waals surface area contributed by atoms with Crippen molar-refractivity contribution in [1.82, 2.24) is 0 Å². The lowest BCUT2D eigenvalue weighted by molar-refractivity contribution is -0.142. The summed E-state index contributed by atoms with van der Waals surface area (Å²) >= 11 is 1.68. The number of nitrogens with two attached hydrogens (primary N) is 1. The van der Waals surface area contributed by atoms with Crippen LogP contribution in [0.1, 0.15) is 5.56 Å². The van der Waals surface area contributed by atoms with Gasteiger partial charge < -0.3 is 10.5 Å². The molecule has 0 saturated heterocycles. The lowest BCUT2D eigenvalue weighted by Gasteiger charge is -2.05. The van der Waals surface area contributed by atoms with Gasteiger partial charge in [-0.1, -0.05) is 30.3 Å². The third-order valence-electron chi connectivity index (χ3n) is 2.69. The predicted molar refractivity (Wildman–Crippen MR) is 82.7 cm³/mol. The van der Waals surface area contributed by atoms with Crippen LogP contribution in [-0.4, -0.2) is 18.3 Å². The molecule has 2 aromatic carbocycles. The van der Waals surface area contributed by atoms with E-state index < -0.39 is 0 Å². The molecule has 0 aliphatic carbocycles. The first kappa shape index (κ1) is 14.5. The molecule has 0 atom stereocenters. The maximum atomic E-state index is 11.6. The minimum atomic E-state index is -0.205. The fourth-order valence-corrected chi connectivity index (χ4v) is 2.44. The van der Waals surface area contributed by atoms with Gasteiger partial charge in [-0.2, -0.15) is 0 Å². The van der Waals surface area contributed by atoms with Gasteiger partial charge in [0.25, 0.3) is 0 Å². The van der Waals surface area contributed by atoms with Crippen LogP contribution >= 0.6 is 11.8 Å². The van der Waals surface area contributed by atoms with Crippen LogP contribution in [0.5, 0.6) is 0 Å². The SMILES string of the molecule is Nc1ccc(CC(=O)OCCSc2ccccc2)cc1. The van der Waals surface area contributed by atoms with E-state index in [0.717, 1.165) is 11.3 Å². The summed E-state index contributed by atoms with van der Waals surface area (Å²) in [6.45, 7) is 0.424. The number of rotatable bonds is 6. The van der Waals surface area contributed by atoms with Gasteiger partial charge in [-0.25, -0.2) is 0 Å². The number of esters is 1. The molecule has 2 aromatic rings. The molecule has 4 heteroatoms. The number of ether oxygens (including phenoxy) is 1. The van der Waals surface area contributed by atoms with Crippen LogP contribution in [0.2, 0.25) is 0 Å². The molecule has 0 amide bonds. The van der Waals surface area contributed by atoms with E-state index in [0.29, 0.717) is 12.3 Å². The van der Waals surface area contributed by atoms with Crippen molar-refractivity contribution >= 4 is 23.4 Å². The molecule has 0 spiro atoms. The van der Waals surface area contributed by atoms with Crippen molar-refractivity contribution in [2.75, 3.05) is 18.1 Å². The third-order valence-corrected chi connectivity index (χ3v) is 3.66. The standard InChI is InChI=1S/C16H17NO2S/c17-14-8-6-13(7-9-14)12-16(18)19-10-11-20-15-4-2-1-3-5-15/h1-9H,10-12,17H2. The second-order valence-electron chi connectivity index (χ2n) is 4.30. The van der Waals surface area contributed by atoms with E-state index >= 15 is 0 Å². The summed E-state index contributed by atoms with van der Waals surface area (Å²) in [4.78, 5) is 12.8. The molecular formula is C16H17NO2S. The van der Waals surface area contributed by atoms with Crippen LogP contribution < -0.4 is 5.73 Å². The largest absolute Gasteiger partial charge is 0.465 e. The topological polar surface area (TPSA) is 52.3 Å². The first-order valence-electron chi connectivity index (χ1n) is 6.42. The Hall–Kier alpha value is -1.94. The zero-order valence-electron chi connectivity index (χ0n) is 11.1. The normalized spacial score (nSPS) is 10.2. The number of anilines is 1. The first-order valence-corrected chi connectivity index (χ1v) is 7.40. The van der Waals surface area contributed by atoms with E-state index in [1.165, 1.54) is 4.90 Å². The lowest BCUT2D eigenvalue weighted by Crippen LogP contribution is -2.10. The number of thioether (sulfide) groups is 1. The first-order chi connectivity index (χ1) is 9.74. The number of hydrogen-bond acceptors (Lipinski definition) is 4. The molecule has 20 heavy (non-hydrogen) atoms. The van der Waals surface area contributed by atoms with Crippen molar-refractivity contribution < 1.29 is 9.53 Å². The smallest absolute Gasteiger partial charge is 0.310 e. The van der Waals surface area contributed by atoms with Gasteiger partial charge in [0.05, 0.1) is 6.42 Å². The molecule has 0 bridgehead atoms. The van der Waals surface area contributed by atoms with Gasteiger partial charge >= 0.3 is 5.97 Å². The van der Waals surface area contributed by atoms with E-state index in [-0.39, 0.29) is 12.4 Å². The van der Waals surface area contributed by atoms with Crippen LogP contribution in [0.15, 0.2) is 59.5 Å². The zero-order chi connectivity index (χ0) is 14.2. The molecule has 0 saturated carbocycles. The highest BCUT2D eigenvalue weighted by molar-refractivity contribution is 7.99. The lowest BCUT2D eigenvalue weighted by atomic mass is 10.1. The van der Waals surface area contributed by atoms with Crippen molar-refractivity contribution in [2.45, 2.75) is 11.3 Å². The Balaban J connectivity index is 1.66. The molecule has 104 valence electrons. The van der Waals surface area contributed by atoms with E-state index in [1.54, 1.807) is 23.9 Å². The van der Waals surface area contributed by atoms with E-state index in [9.17, 15) is 4.79 Å². The summed E-state index contributed by atoms with van der Waals surface area (Å²) in [5.41, 5.74) is 7.20. The maximum Gasteiger partial charge on any atom is 0.310 e. The van der Waals surface area contributed by atoms with Crippen LogP contribution in [0.3, 0.4) is 0 Å². The summed E-state index contributed by atoms with van der Waals surface area (Å²) in [5.74, 6) is 0.556. The molecule has 0 radical (unpaired) electrons. The summed E-state index contributed by atoms with van der Waals surface area (Å²) in [5, 5.41) is 0. The molecule has 0 aliphatic rings. The van der Waals surface area contributed by atoms with Gasteiger partial charge in [-0.15, -0.1) is 11.8 Å². The molecular weight excluding hydrogens is 270 g/mol. The van der Waals surface area contributed by atoms with E-state index in [2.05, 4.69) is 0 Å². The molecule has 2 N–H and O–H groups in total. The maximum absolute atomic E-state index is 11.6. The fourth-order valence-electron chi connectivity index (χ4n) is 1.68. The monoisotopic (exact) mass is 287 g/mol. The average molecular weight is 287 g/mol. The van der Waals surface area contributed by atoms with Gasteiger partial charge in [0.2, 0.25) is 0 Å². The predicted octanol–water partition coefficient (Wildman–Crippen LogP) is 3.15. The Morgan fingerprint density at radius 1 is 1.05 bits per heavy atom. The Labute approximate surface area is 123 Å². The van der Waals surface area contributed by atoms with Crippen LogP contribution in [0.4, 0.5) is 5.69 Å². The summed E-state index contributed by atoms with van der Waals surface area (Å²) < 4.78 is 5.21. The Kier molecular flexibility index (Phi) is 5.50. The Morgan fingerprint density at radius 3 is 2.45 bits per heavy atom. The van der Waals surface area contributed by atoms with Gasteiger partial charge in [0.15, 0.2) is 0 Å². The van der Waals surface area contributed by atoms with Crippen LogP contribution in [-0.2, 0) is 16.0 Å². The number of carbonyl (C=O) groups is 1. The molecule has 2 rings (SSSR count). The zero-order valence-corrected chi connectivity index (χ0v) is 11.9. The summed E-state index contributed by atoms with van der Waals surface area (Å²) in [7, 11) is 0. The van der Waals surface area contributed by atoms with Gasteiger partial charge in [0, 0.05) is 16.3 Å². The highest BCUT2D eigenvalue weighted by atomic mass is 32.2. The molecule has 0 unspecified atom stereocenters. The van der Waals surface area contributed by atoms with Gasteiger partial charge in [0.1, 0.15) is 6.61 Å². The molecule has 0 aromatic heterocycles. The fraction of sp³-hybridized carbons (Fsp3) is 0.188. The van der Waals surface area contributed by atoms with E-state index in [1.807, 2.05) is 42.5 Å². The van der Waals surface area contributed by atoms with E-state index in [4.69, 9.17) is 10.5 Å². The van der Waals surface area contributed by atoms with Crippen molar-refractivity contribution in [2.24, 2.45) is 0 Å². The van der Waals surface area contributed by atoms with Crippen molar-refractivity contribution in [3.8, 4) is 0 Å². The third kappa shape index (κ3) is 4.97. The molecule has 0 fully saturated rings. The van der Waals surface area contributed by atoms with Crippen LogP contribution in [0, 0.1) is 0 Å². The molecule has 0 aliphatic heterocycles. The number of benzene rings is 2. The minimum Gasteiger partial charge on any atom is -0.465 e. The average Bonchev–Trinajstić information content (AvgIpc) is 2.47. The number of nitrogen functional groups attached to an aromatic ring is 1. The van der Waals surface area contributed by atoms with Gasteiger partial charge in [-0.05, 0) is 29.8 Å². The number of hydrogen-bond donors (Lipinski definition) is 1. The second-order valence-corrected chi connectivity index (χ2v) is 5.47. The molecule has 3 nitrogen and oxygen atoms in total. The van der Waals surface area contributed by atoms with Crippen molar-refractivity contribution in [3.63, 3.8) is 0 Å². The second kappa shape index (κ2) is 7.60. The van der Waals surface area contributed by atoms with Crippen LogP contribution in [0.25, 0.3) is 0 Å².